The summed E-state index contributed by atoms with van der Waals surface area (Å²) >= 11 is 5.96. The maximum atomic E-state index is 11.2. The Balaban J connectivity index is 1.67. The van der Waals surface area contributed by atoms with E-state index in [9.17, 15) is 4.79 Å². The lowest BCUT2D eigenvalue weighted by Crippen LogP contribution is -2.50. The number of rotatable bonds is 3. The molecule has 0 spiro atoms. The van der Waals surface area contributed by atoms with E-state index >= 15 is 0 Å². The van der Waals surface area contributed by atoms with Crippen molar-refractivity contribution in [3.8, 4) is 0 Å². The number of benzene rings is 1. The van der Waals surface area contributed by atoms with Crippen LogP contribution in [0.3, 0.4) is 0 Å². The average molecular weight is 293 g/mol. The fraction of sp³-hybridized carbons (Fsp3) is 0.562. The number of nitrogens with zero attached hydrogens (tertiary/aromatic N) is 2. The first-order chi connectivity index (χ1) is 9.78. The number of carbonyl (C=O) groups is 1. The fourth-order valence-electron chi connectivity index (χ4n) is 3.51. The Labute approximate surface area is 125 Å². The van der Waals surface area contributed by atoms with Crippen LogP contribution in [-0.4, -0.2) is 43.4 Å². The van der Waals surface area contributed by atoms with Crippen LogP contribution in [0.5, 0.6) is 0 Å². The first kappa shape index (κ1) is 13.9. The van der Waals surface area contributed by atoms with E-state index in [1.807, 2.05) is 12.1 Å². The molecule has 0 aromatic heterocycles. The van der Waals surface area contributed by atoms with Crippen molar-refractivity contribution in [2.45, 2.75) is 31.7 Å². The van der Waals surface area contributed by atoms with Gasteiger partial charge in [-0.2, -0.15) is 0 Å². The van der Waals surface area contributed by atoms with Gasteiger partial charge in [-0.05, 0) is 31.0 Å². The largest absolute Gasteiger partial charge is 0.368 e. The summed E-state index contributed by atoms with van der Waals surface area (Å²) < 4.78 is 0. The lowest BCUT2D eigenvalue weighted by molar-refractivity contribution is 0.112. The number of anilines is 1. The molecule has 0 N–H and O–H groups in total. The molecule has 1 aromatic rings. The lowest BCUT2D eigenvalue weighted by Gasteiger charge is -2.39. The average Bonchev–Trinajstić information content (AvgIpc) is 3.01. The number of carbonyl (C=O) groups excluding carboxylic acids is 1. The van der Waals surface area contributed by atoms with Gasteiger partial charge in [-0.15, -0.1) is 0 Å². The second kappa shape index (κ2) is 6.15. The van der Waals surface area contributed by atoms with Crippen molar-refractivity contribution in [3.63, 3.8) is 0 Å². The van der Waals surface area contributed by atoms with E-state index in [0.717, 1.165) is 44.2 Å². The molecule has 2 fully saturated rings. The van der Waals surface area contributed by atoms with Gasteiger partial charge in [-0.3, -0.25) is 9.69 Å². The van der Waals surface area contributed by atoms with Crippen molar-refractivity contribution in [3.05, 3.63) is 28.8 Å². The molecular formula is C16H21ClN2O. The van der Waals surface area contributed by atoms with Gasteiger partial charge in [0.1, 0.15) is 0 Å². The third kappa shape index (κ3) is 2.84. The van der Waals surface area contributed by atoms with Crippen LogP contribution in [0.2, 0.25) is 5.02 Å². The predicted octanol–water partition coefficient (Wildman–Crippen LogP) is 3.22. The zero-order chi connectivity index (χ0) is 13.9. The highest BCUT2D eigenvalue weighted by Crippen LogP contribution is 2.27. The zero-order valence-electron chi connectivity index (χ0n) is 11.7. The summed E-state index contributed by atoms with van der Waals surface area (Å²) in [6, 6.07) is 6.39. The first-order valence-corrected chi connectivity index (χ1v) is 7.89. The third-order valence-electron chi connectivity index (χ3n) is 4.61. The first-order valence-electron chi connectivity index (χ1n) is 7.51. The Morgan fingerprint density at radius 2 is 1.80 bits per heavy atom. The highest BCUT2D eigenvalue weighted by Gasteiger charge is 2.26. The monoisotopic (exact) mass is 292 g/mol. The van der Waals surface area contributed by atoms with Crippen LogP contribution in [0.25, 0.3) is 0 Å². The molecule has 108 valence electrons. The maximum Gasteiger partial charge on any atom is 0.152 e. The van der Waals surface area contributed by atoms with Crippen LogP contribution in [0, 0.1) is 0 Å². The van der Waals surface area contributed by atoms with Crippen LogP contribution >= 0.6 is 11.6 Å². The van der Waals surface area contributed by atoms with Crippen molar-refractivity contribution < 1.29 is 4.79 Å². The molecule has 3 nitrogen and oxygen atoms in total. The smallest absolute Gasteiger partial charge is 0.152 e. The van der Waals surface area contributed by atoms with Crippen molar-refractivity contribution >= 4 is 23.6 Å². The number of piperazine rings is 1. The van der Waals surface area contributed by atoms with Gasteiger partial charge in [0.15, 0.2) is 6.29 Å². The Bertz CT molecular complexity index is 477. The zero-order valence-corrected chi connectivity index (χ0v) is 12.5. The van der Waals surface area contributed by atoms with Gasteiger partial charge in [0.05, 0.1) is 0 Å². The van der Waals surface area contributed by atoms with Crippen molar-refractivity contribution in [2.24, 2.45) is 0 Å². The van der Waals surface area contributed by atoms with Crippen LogP contribution < -0.4 is 4.90 Å². The van der Waals surface area contributed by atoms with Crippen LogP contribution in [0.4, 0.5) is 5.69 Å². The maximum absolute atomic E-state index is 11.2. The summed E-state index contributed by atoms with van der Waals surface area (Å²) in [6.07, 6.45) is 6.40. The van der Waals surface area contributed by atoms with Gasteiger partial charge in [0.2, 0.25) is 0 Å². The highest BCUT2D eigenvalue weighted by molar-refractivity contribution is 6.31. The molecule has 1 aliphatic heterocycles. The molecule has 1 heterocycles. The van der Waals surface area contributed by atoms with Crippen LogP contribution in [0.1, 0.15) is 36.0 Å². The Morgan fingerprint density at radius 1 is 1.10 bits per heavy atom. The molecule has 0 bridgehead atoms. The molecule has 1 aromatic carbocycles. The second-order valence-electron chi connectivity index (χ2n) is 5.78. The molecule has 1 saturated heterocycles. The summed E-state index contributed by atoms with van der Waals surface area (Å²) in [4.78, 5) is 16.1. The summed E-state index contributed by atoms with van der Waals surface area (Å²) in [5, 5.41) is 0.625. The normalized spacial score (nSPS) is 21.4. The molecule has 0 amide bonds. The van der Waals surface area contributed by atoms with Crippen LogP contribution in [-0.2, 0) is 0 Å². The molecule has 0 radical (unpaired) electrons. The minimum absolute atomic E-state index is 0.625. The Kier molecular flexibility index (Phi) is 4.27. The number of aldehydes is 1. The van der Waals surface area contributed by atoms with E-state index < -0.39 is 0 Å². The van der Waals surface area contributed by atoms with Crippen molar-refractivity contribution in [1.29, 1.82) is 0 Å². The summed E-state index contributed by atoms with van der Waals surface area (Å²) in [6.45, 7) is 4.20. The van der Waals surface area contributed by atoms with E-state index in [4.69, 9.17) is 11.6 Å². The van der Waals surface area contributed by atoms with E-state index in [2.05, 4.69) is 9.80 Å². The van der Waals surface area contributed by atoms with Gasteiger partial charge < -0.3 is 4.90 Å². The van der Waals surface area contributed by atoms with Crippen LogP contribution in [0.15, 0.2) is 18.2 Å². The van der Waals surface area contributed by atoms with Gasteiger partial charge >= 0.3 is 0 Å². The molecule has 4 heteroatoms. The van der Waals surface area contributed by atoms with Crippen molar-refractivity contribution in [1.82, 2.24) is 4.90 Å². The van der Waals surface area contributed by atoms with E-state index in [0.29, 0.717) is 10.6 Å². The minimum atomic E-state index is 0.625. The standard InChI is InChI=1S/C16H21ClN2O/c17-14-5-6-16(13(11-14)12-20)19-9-7-18(8-10-19)15-3-1-2-4-15/h5-6,11-12,15H,1-4,7-10H2. The molecule has 2 aliphatic rings. The molecule has 1 aliphatic carbocycles. The summed E-state index contributed by atoms with van der Waals surface area (Å²) in [5.41, 5.74) is 1.72. The van der Waals surface area contributed by atoms with E-state index in [1.54, 1.807) is 6.07 Å². The van der Waals surface area contributed by atoms with Gasteiger partial charge in [-0.1, -0.05) is 24.4 Å². The highest BCUT2D eigenvalue weighted by atomic mass is 35.5. The fourth-order valence-corrected chi connectivity index (χ4v) is 3.69. The summed E-state index contributed by atoms with van der Waals surface area (Å²) in [7, 11) is 0. The summed E-state index contributed by atoms with van der Waals surface area (Å²) in [5.74, 6) is 0. The van der Waals surface area contributed by atoms with Gasteiger partial charge in [0, 0.05) is 48.5 Å². The molecule has 0 unspecified atom stereocenters. The number of hydrogen-bond donors (Lipinski definition) is 0. The van der Waals surface area contributed by atoms with Gasteiger partial charge in [0.25, 0.3) is 0 Å². The van der Waals surface area contributed by atoms with E-state index in [-0.39, 0.29) is 0 Å². The Morgan fingerprint density at radius 3 is 2.45 bits per heavy atom. The third-order valence-corrected chi connectivity index (χ3v) is 4.85. The number of halogens is 1. The predicted molar refractivity (Wildman–Crippen MR) is 82.9 cm³/mol. The van der Waals surface area contributed by atoms with Crippen molar-refractivity contribution in [2.75, 3.05) is 31.1 Å². The molecule has 0 atom stereocenters. The topological polar surface area (TPSA) is 23.6 Å². The van der Waals surface area contributed by atoms with E-state index in [1.165, 1.54) is 25.7 Å². The number of hydrogen-bond acceptors (Lipinski definition) is 3. The van der Waals surface area contributed by atoms with Gasteiger partial charge in [-0.25, -0.2) is 0 Å². The quantitative estimate of drug-likeness (QED) is 0.799. The molecule has 3 rings (SSSR count). The molecule has 1 saturated carbocycles. The Hall–Kier alpha value is -1.06. The SMILES string of the molecule is O=Cc1cc(Cl)ccc1N1CCN(C2CCCC2)CC1. The minimum Gasteiger partial charge on any atom is -0.368 e. The second-order valence-corrected chi connectivity index (χ2v) is 6.22. The molecule has 20 heavy (non-hydrogen) atoms. The molecular weight excluding hydrogens is 272 g/mol. The lowest BCUT2D eigenvalue weighted by atomic mass is 10.1.